The number of hydrogen-bond donors (Lipinski definition) is 2. The van der Waals surface area contributed by atoms with E-state index in [9.17, 15) is 19.2 Å². The van der Waals surface area contributed by atoms with E-state index in [2.05, 4.69) is 60.0 Å². The van der Waals surface area contributed by atoms with E-state index in [-0.39, 0.29) is 17.1 Å². The lowest BCUT2D eigenvalue weighted by atomic mass is 9.95. The average Bonchev–Trinajstić information content (AvgIpc) is 3.64. The highest BCUT2D eigenvalue weighted by atomic mass is 32.2. The number of oxime groups is 1. The van der Waals surface area contributed by atoms with Crippen molar-refractivity contribution in [2.75, 3.05) is 32.3 Å². The Kier molecular flexibility index (Phi) is 14.6. The molecular weight excluding hydrogens is 785 g/mol. The number of aromatic nitrogens is 1. The fourth-order valence-corrected chi connectivity index (χ4v) is 10.0. The summed E-state index contributed by atoms with van der Waals surface area (Å²) in [5, 5.41) is 12.8. The number of ether oxygens (including phenoxy) is 2. The molecular formula is C32H34N5O7P5S2. The van der Waals surface area contributed by atoms with Gasteiger partial charge in [0, 0.05) is 34.4 Å². The van der Waals surface area contributed by atoms with Gasteiger partial charge in [0.1, 0.15) is 22.8 Å². The van der Waals surface area contributed by atoms with Crippen molar-refractivity contribution in [1.29, 1.82) is 0 Å². The minimum absolute atomic E-state index is 0.130. The van der Waals surface area contributed by atoms with Crippen LogP contribution in [0.4, 0.5) is 5.13 Å². The number of allylic oxidation sites excluding steroid dienone is 2. The zero-order valence-corrected chi connectivity index (χ0v) is 34.4. The van der Waals surface area contributed by atoms with Gasteiger partial charge >= 0.3 is 11.9 Å². The molecule has 0 bridgehead atoms. The van der Waals surface area contributed by atoms with Gasteiger partial charge in [0.25, 0.3) is 11.8 Å². The molecule has 0 saturated carbocycles. The van der Waals surface area contributed by atoms with Gasteiger partial charge in [-0.05, 0) is 46.1 Å². The molecule has 2 N–H and O–H groups in total. The fourth-order valence-electron chi connectivity index (χ4n) is 5.30. The Bertz CT molecular complexity index is 1890. The van der Waals surface area contributed by atoms with Crippen LogP contribution in [0.1, 0.15) is 47.4 Å². The van der Waals surface area contributed by atoms with Crippen LogP contribution in [-0.4, -0.2) is 108 Å². The quantitative estimate of drug-likeness (QED) is 0.0849. The topological polar surface area (TPSA) is 149 Å². The van der Waals surface area contributed by atoms with Gasteiger partial charge < -0.3 is 24.9 Å². The lowest BCUT2D eigenvalue weighted by Gasteiger charge is -2.49. The summed E-state index contributed by atoms with van der Waals surface area (Å²) in [6, 6.07) is -1.00. The summed E-state index contributed by atoms with van der Waals surface area (Å²) in [6.45, 7) is 1.96. The minimum Gasteiger partial charge on any atom is -0.466 e. The lowest BCUT2D eigenvalue weighted by molar-refractivity contribution is -0.154. The summed E-state index contributed by atoms with van der Waals surface area (Å²) >= 11 is 2.61. The molecule has 2 aromatic rings. The third-order valence-corrected chi connectivity index (χ3v) is 12.4. The molecule has 51 heavy (non-hydrogen) atoms. The highest BCUT2D eigenvalue weighted by molar-refractivity contribution is 8.00. The molecule has 0 radical (unpaired) electrons. The van der Waals surface area contributed by atoms with Crippen LogP contribution in [0.3, 0.4) is 0 Å². The first-order chi connectivity index (χ1) is 24.6. The summed E-state index contributed by atoms with van der Waals surface area (Å²) in [7, 11) is 15.8. The minimum atomic E-state index is -1.47. The summed E-state index contributed by atoms with van der Waals surface area (Å²) < 4.78 is 10.1. The Labute approximate surface area is 313 Å². The molecule has 266 valence electrons. The molecule has 1 aromatic carbocycles. The number of amides is 2. The Morgan fingerprint density at radius 1 is 1.12 bits per heavy atom. The van der Waals surface area contributed by atoms with Crippen molar-refractivity contribution in [1.82, 2.24) is 15.2 Å². The van der Waals surface area contributed by atoms with E-state index in [0.29, 0.717) is 54.9 Å². The number of thioether (sulfide) groups is 1. The molecule has 2 aliphatic rings. The van der Waals surface area contributed by atoms with Gasteiger partial charge in [-0.2, -0.15) is 0 Å². The number of anilines is 1. The Hall–Kier alpha value is -3.32. The number of carbonyl (C=O) groups is 4. The lowest BCUT2D eigenvalue weighted by Crippen LogP contribution is -2.71. The van der Waals surface area contributed by atoms with Gasteiger partial charge in [-0.25, -0.2) is 14.6 Å². The number of nitrogens with one attached hydrogen (secondary N) is 2. The molecule has 1 saturated heterocycles. The molecule has 0 spiro atoms. The molecule has 1 fully saturated rings. The SMILES string of the molecule is C=Pc1c(C=P)c(C=P)c(C=P)c(C(O/N=C(\C(=O)NC2C(=O)N3C(C(=O)OC)=C(C=CCC)CSC23)c2csc(NC)n2)C(=O)OC)c1P=C. The predicted molar refractivity (Wildman–Crippen MR) is 222 cm³/mol. The number of esters is 2. The fraction of sp³-hybridized carbons (Fsp3) is 0.281. The molecule has 12 nitrogen and oxygen atoms in total. The maximum atomic E-state index is 14.0. The van der Waals surface area contributed by atoms with Crippen LogP contribution >= 0.6 is 66.1 Å². The van der Waals surface area contributed by atoms with E-state index < -0.39 is 41.3 Å². The molecule has 2 aliphatic heterocycles. The van der Waals surface area contributed by atoms with Crippen molar-refractivity contribution in [3.05, 3.63) is 56.7 Å². The van der Waals surface area contributed by atoms with Crippen LogP contribution in [0.5, 0.6) is 0 Å². The summed E-state index contributed by atoms with van der Waals surface area (Å²) in [5.41, 5.74) is 3.06. The number of carbonyl (C=O) groups excluding carboxylic acids is 4. The van der Waals surface area contributed by atoms with Gasteiger partial charge in [-0.15, -0.1) is 49.7 Å². The van der Waals surface area contributed by atoms with Gasteiger partial charge in [-0.3, -0.25) is 14.5 Å². The van der Waals surface area contributed by atoms with E-state index in [1.54, 1.807) is 35.9 Å². The monoisotopic (exact) mass is 819 g/mol. The molecule has 3 unspecified atom stereocenters. The first-order valence-electron chi connectivity index (χ1n) is 15.0. The Balaban J connectivity index is 1.79. The third-order valence-electron chi connectivity index (χ3n) is 7.67. The number of methoxy groups -OCH3 is 2. The molecule has 2 amide bonds. The molecule has 4 rings (SSSR count). The molecule has 0 aliphatic carbocycles. The third kappa shape index (κ3) is 8.04. The van der Waals surface area contributed by atoms with E-state index in [4.69, 9.17) is 14.3 Å². The summed E-state index contributed by atoms with van der Waals surface area (Å²) in [4.78, 5) is 65.5. The second-order valence-corrected chi connectivity index (χ2v) is 14.7. The number of hydrogen-bond acceptors (Lipinski definition) is 12. The number of β-lactam (4-membered cyclic amide) rings is 1. The van der Waals surface area contributed by atoms with E-state index in [1.807, 2.05) is 13.0 Å². The van der Waals surface area contributed by atoms with Crippen molar-refractivity contribution in [2.24, 2.45) is 5.16 Å². The number of rotatable bonds is 16. The van der Waals surface area contributed by atoms with Crippen LogP contribution in [-0.2, 0) is 33.5 Å². The van der Waals surface area contributed by atoms with Gasteiger partial charge in [0.05, 0.1) is 14.2 Å². The van der Waals surface area contributed by atoms with Crippen molar-refractivity contribution in [3.63, 3.8) is 0 Å². The maximum Gasteiger partial charge on any atom is 0.355 e. The number of nitrogens with zero attached hydrogens (tertiary/aromatic N) is 3. The Morgan fingerprint density at radius 3 is 2.35 bits per heavy atom. The van der Waals surface area contributed by atoms with E-state index >= 15 is 0 Å². The second kappa shape index (κ2) is 18.4. The highest BCUT2D eigenvalue weighted by Crippen LogP contribution is 2.41. The van der Waals surface area contributed by atoms with Gasteiger partial charge in [0.15, 0.2) is 10.8 Å². The van der Waals surface area contributed by atoms with Crippen molar-refractivity contribution < 1.29 is 33.5 Å². The summed E-state index contributed by atoms with van der Waals surface area (Å²) in [5.74, 6) is 2.75. The van der Waals surface area contributed by atoms with Crippen LogP contribution in [0, 0.1) is 0 Å². The first-order valence-corrected chi connectivity index (χ1v) is 20.8. The van der Waals surface area contributed by atoms with E-state index in [0.717, 1.165) is 17.3 Å². The number of benzene rings is 1. The zero-order valence-electron chi connectivity index (χ0n) is 27.9. The normalized spacial score (nSPS) is 17.8. The number of fused-ring (bicyclic) bond motifs is 1. The largest absolute Gasteiger partial charge is 0.466 e. The maximum absolute atomic E-state index is 14.0. The summed E-state index contributed by atoms with van der Waals surface area (Å²) in [6.07, 6.45) is 11.1. The van der Waals surface area contributed by atoms with Crippen LogP contribution in [0.15, 0.2) is 34.0 Å². The predicted octanol–water partition coefficient (Wildman–Crippen LogP) is 3.50. The standard InChI is InChI=1S/C32H34N5O7P5S2/c1-7-8-9-15-13-50-29-22(28(39)37(29)23(15)30(40)42-3)35-27(38)21(19-14-51-32(33-2)34-19)36-44-24(31(41)43-4)20-17(11-46)16(10-45)18(12-47)25(48-5)26(20)49-6/h8-12,14,22,24,29,45-47H,5-7,13H2,1-4H3,(H,33,34)(H,35,38)/b9-8?,36-21-. The molecule has 19 heteroatoms. The van der Waals surface area contributed by atoms with Crippen LogP contribution in [0.2, 0.25) is 0 Å². The highest BCUT2D eigenvalue weighted by Gasteiger charge is 2.54. The molecule has 3 atom stereocenters. The van der Waals surface area contributed by atoms with Crippen LogP contribution < -0.4 is 21.2 Å². The Morgan fingerprint density at radius 2 is 1.80 bits per heavy atom. The molecule has 3 heterocycles. The van der Waals surface area contributed by atoms with E-state index in [1.165, 1.54) is 42.2 Å². The van der Waals surface area contributed by atoms with Gasteiger partial charge in [-0.1, -0.05) is 53.2 Å². The molecule has 1 aromatic heterocycles. The zero-order chi connectivity index (χ0) is 37.4. The second-order valence-electron chi connectivity index (χ2n) is 10.4. The van der Waals surface area contributed by atoms with Crippen molar-refractivity contribution >= 4 is 141 Å². The average molecular weight is 820 g/mol. The van der Waals surface area contributed by atoms with Crippen molar-refractivity contribution in [3.8, 4) is 0 Å². The van der Waals surface area contributed by atoms with Crippen LogP contribution in [0.25, 0.3) is 0 Å². The van der Waals surface area contributed by atoms with Gasteiger partial charge in [0.2, 0.25) is 6.10 Å². The van der Waals surface area contributed by atoms with Crippen molar-refractivity contribution in [2.45, 2.75) is 30.9 Å². The first kappa shape index (κ1) is 40.5. The number of thiazole rings is 1. The smallest absolute Gasteiger partial charge is 0.355 e.